The minimum absolute atomic E-state index is 0.0816. The molecule has 0 aliphatic carbocycles. The Hall–Kier alpha value is -1.53. The summed E-state index contributed by atoms with van der Waals surface area (Å²) in [6.07, 6.45) is 0. The number of amides is 2. The van der Waals surface area contributed by atoms with E-state index in [1.54, 1.807) is 11.8 Å². The van der Waals surface area contributed by atoms with Gasteiger partial charge in [-0.25, -0.2) is 0 Å². The van der Waals surface area contributed by atoms with Gasteiger partial charge in [0.25, 0.3) is 5.91 Å². The van der Waals surface area contributed by atoms with Crippen molar-refractivity contribution in [3.05, 3.63) is 28.8 Å². The molecule has 0 unspecified atom stereocenters. The first-order valence-corrected chi connectivity index (χ1v) is 10.7. The molecule has 1 fully saturated rings. The van der Waals surface area contributed by atoms with Crippen LogP contribution in [0.5, 0.6) is 0 Å². The summed E-state index contributed by atoms with van der Waals surface area (Å²) in [6, 6.07) is 4.34. The third kappa shape index (κ3) is 6.85. The molecule has 5 nitrogen and oxygen atoms in total. The number of carbonyl (C=O) groups is 2. The molecule has 1 heterocycles. The number of thioether (sulfide) groups is 1. The highest BCUT2D eigenvalue weighted by molar-refractivity contribution is 8.00. The average molecular weight is 393 g/mol. The lowest BCUT2D eigenvalue weighted by molar-refractivity contribution is -0.896. The maximum Gasteiger partial charge on any atom is 0.275 e. The summed E-state index contributed by atoms with van der Waals surface area (Å²) in [5, 5.41) is 3.01. The first kappa shape index (κ1) is 21.8. The number of quaternary nitrogens is 1. The largest absolute Gasteiger partial charge is 0.347 e. The molecule has 6 heteroatoms. The molecule has 27 heavy (non-hydrogen) atoms. The number of aryl methyl sites for hydroxylation is 3. The molecule has 0 radical (unpaired) electrons. The minimum atomic E-state index is -0.197. The monoisotopic (exact) mass is 392 g/mol. The van der Waals surface area contributed by atoms with E-state index in [4.69, 9.17) is 0 Å². The fraction of sp³-hybridized carbons (Fsp3) is 0.619. The van der Waals surface area contributed by atoms with Crippen LogP contribution in [0.15, 0.2) is 17.0 Å². The smallest absolute Gasteiger partial charge is 0.275 e. The van der Waals surface area contributed by atoms with Gasteiger partial charge in [0.1, 0.15) is 0 Å². The van der Waals surface area contributed by atoms with Crippen LogP contribution in [0.4, 0.5) is 0 Å². The van der Waals surface area contributed by atoms with Crippen molar-refractivity contribution in [2.45, 2.75) is 52.0 Å². The Morgan fingerprint density at radius 1 is 1.11 bits per heavy atom. The van der Waals surface area contributed by atoms with E-state index in [1.165, 1.54) is 26.5 Å². The molecule has 2 amide bonds. The van der Waals surface area contributed by atoms with Crippen LogP contribution in [-0.2, 0) is 9.59 Å². The van der Waals surface area contributed by atoms with Gasteiger partial charge in [-0.15, -0.1) is 11.8 Å². The van der Waals surface area contributed by atoms with Crippen LogP contribution in [0.1, 0.15) is 37.5 Å². The Labute approximate surface area is 167 Å². The van der Waals surface area contributed by atoms with E-state index < -0.39 is 0 Å². The number of nitrogens with one attached hydrogen (secondary N) is 2. The third-order valence-electron chi connectivity index (χ3n) is 4.69. The van der Waals surface area contributed by atoms with Gasteiger partial charge in [0.15, 0.2) is 6.54 Å². The maximum atomic E-state index is 12.6. The van der Waals surface area contributed by atoms with Crippen molar-refractivity contribution in [2.24, 2.45) is 0 Å². The van der Waals surface area contributed by atoms with Gasteiger partial charge in [0.2, 0.25) is 5.91 Å². The van der Waals surface area contributed by atoms with Gasteiger partial charge < -0.3 is 15.1 Å². The van der Waals surface area contributed by atoms with E-state index in [0.29, 0.717) is 12.3 Å². The summed E-state index contributed by atoms with van der Waals surface area (Å²) in [4.78, 5) is 29.1. The number of piperazine rings is 1. The molecule has 150 valence electrons. The van der Waals surface area contributed by atoms with E-state index in [0.717, 1.165) is 26.2 Å². The van der Waals surface area contributed by atoms with Crippen molar-refractivity contribution < 1.29 is 14.5 Å². The fourth-order valence-electron chi connectivity index (χ4n) is 3.56. The summed E-state index contributed by atoms with van der Waals surface area (Å²) in [5.41, 5.74) is 3.54. The average Bonchev–Trinajstić information content (AvgIpc) is 2.52. The zero-order chi connectivity index (χ0) is 20.2. The van der Waals surface area contributed by atoms with Crippen LogP contribution in [0.3, 0.4) is 0 Å². The van der Waals surface area contributed by atoms with Gasteiger partial charge in [0.05, 0.1) is 31.9 Å². The van der Waals surface area contributed by atoms with Crippen molar-refractivity contribution in [1.82, 2.24) is 10.2 Å². The molecular formula is C21H34N3O2S+. The summed E-state index contributed by atoms with van der Waals surface area (Å²) < 4.78 is 0. The van der Waals surface area contributed by atoms with E-state index in [1.807, 2.05) is 25.7 Å². The third-order valence-corrected chi connectivity index (χ3v) is 6.02. The first-order valence-electron chi connectivity index (χ1n) is 9.68. The summed E-state index contributed by atoms with van der Waals surface area (Å²) >= 11 is 1.64. The second-order valence-corrected chi connectivity index (χ2v) is 9.61. The molecule has 1 aliphatic heterocycles. The zero-order valence-electron chi connectivity index (χ0n) is 17.6. The lowest BCUT2D eigenvalue weighted by atomic mass is 10.1. The second-order valence-electron chi connectivity index (χ2n) is 8.62. The number of rotatable bonds is 5. The molecular weight excluding hydrogens is 358 g/mol. The molecule has 0 aromatic heterocycles. The first-order chi connectivity index (χ1) is 12.5. The lowest BCUT2D eigenvalue weighted by Crippen LogP contribution is -3.16. The van der Waals surface area contributed by atoms with E-state index in [9.17, 15) is 9.59 Å². The number of nitrogens with zero attached hydrogens (tertiary/aromatic N) is 1. The molecule has 0 spiro atoms. The fourth-order valence-corrected chi connectivity index (χ4v) is 4.58. The highest BCUT2D eigenvalue weighted by Crippen LogP contribution is 2.27. The highest BCUT2D eigenvalue weighted by Gasteiger charge is 2.26. The van der Waals surface area contributed by atoms with E-state index >= 15 is 0 Å². The topological polar surface area (TPSA) is 53.9 Å². The second kappa shape index (κ2) is 9.11. The van der Waals surface area contributed by atoms with Crippen LogP contribution < -0.4 is 10.2 Å². The van der Waals surface area contributed by atoms with Crippen molar-refractivity contribution in [3.8, 4) is 0 Å². The van der Waals surface area contributed by atoms with Gasteiger partial charge in [-0.05, 0) is 52.7 Å². The quantitative estimate of drug-likeness (QED) is 0.744. The summed E-state index contributed by atoms with van der Waals surface area (Å²) in [5.74, 6) is 0.751. The predicted molar refractivity (Wildman–Crippen MR) is 111 cm³/mol. The number of hydrogen-bond donors (Lipinski definition) is 2. The van der Waals surface area contributed by atoms with Gasteiger partial charge in [-0.3, -0.25) is 9.59 Å². The number of carbonyl (C=O) groups excluding carboxylic acids is 2. The number of hydrogen-bond acceptors (Lipinski definition) is 3. The standard InChI is InChI=1S/C21H33N3O2S/c1-15-11-16(2)20(17(3)12-15)27-14-19(26)24-9-7-23(8-10-24)13-18(25)22-21(4,5)6/h11-12H,7-10,13-14H2,1-6H3,(H,22,25)/p+1. The maximum absolute atomic E-state index is 12.6. The van der Waals surface area contributed by atoms with Crippen LogP contribution in [-0.4, -0.2) is 60.7 Å². The Balaban J connectivity index is 1.79. The summed E-state index contributed by atoms with van der Waals surface area (Å²) in [7, 11) is 0. The van der Waals surface area contributed by atoms with Gasteiger partial charge in [-0.1, -0.05) is 17.7 Å². The van der Waals surface area contributed by atoms with E-state index in [-0.39, 0.29) is 17.4 Å². The Morgan fingerprint density at radius 3 is 2.19 bits per heavy atom. The summed E-state index contributed by atoms with van der Waals surface area (Å²) in [6.45, 7) is 15.9. The van der Waals surface area contributed by atoms with Crippen molar-refractivity contribution in [3.63, 3.8) is 0 Å². The van der Waals surface area contributed by atoms with Crippen LogP contribution in [0.2, 0.25) is 0 Å². The lowest BCUT2D eigenvalue weighted by Gasteiger charge is -2.32. The van der Waals surface area contributed by atoms with Gasteiger partial charge in [-0.2, -0.15) is 0 Å². The number of benzene rings is 1. The molecule has 1 aliphatic rings. The molecule has 0 bridgehead atoms. The van der Waals surface area contributed by atoms with Crippen molar-refractivity contribution >= 4 is 23.6 Å². The van der Waals surface area contributed by atoms with Gasteiger partial charge >= 0.3 is 0 Å². The zero-order valence-corrected chi connectivity index (χ0v) is 18.4. The molecule has 2 N–H and O–H groups in total. The van der Waals surface area contributed by atoms with Gasteiger partial charge in [0, 0.05) is 10.4 Å². The van der Waals surface area contributed by atoms with Crippen molar-refractivity contribution in [1.29, 1.82) is 0 Å². The highest BCUT2D eigenvalue weighted by atomic mass is 32.2. The predicted octanol–water partition coefficient (Wildman–Crippen LogP) is 1.35. The van der Waals surface area contributed by atoms with E-state index in [2.05, 4.69) is 38.2 Å². The molecule has 0 atom stereocenters. The SMILES string of the molecule is Cc1cc(C)c(SCC(=O)N2CC[NH+](CC(=O)NC(C)(C)C)CC2)c(C)c1. The van der Waals surface area contributed by atoms with Crippen LogP contribution in [0, 0.1) is 20.8 Å². The molecule has 1 saturated heterocycles. The molecule has 0 saturated carbocycles. The minimum Gasteiger partial charge on any atom is -0.347 e. The molecule has 2 rings (SSSR count). The Bertz CT molecular complexity index is 666. The molecule has 1 aromatic rings. The Morgan fingerprint density at radius 2 is 1.67 bits per heavy atom. The normalized spacial score (nSPS) is 15.7. The molecule has 1 aromatic carbocycles. The van der Waals surface area contributed by atoms with Crippen LogP contribution >= 0.6 is 11.8 Å². The van der Waals surface area contributed by atoms with Crippen molar-refractivity contribution in [2.75, 3.05) is 38.5 Å². The Kier molecular flexibility index (Phi) is 7.34. The van der Waals surface area contributed by atoms with Crippen LogP contribution in [0.25, 0.3) is 0 Å².